The number of ether oxygens (including phenoxy) is 3. The van der Waals surface area contributed by atoms with Gasteiger partial charge in [-0.15, -0.1) is 0 Å². The lowest BCUT2D eigenvalue weighted by atomic mass is 9.76. The molecule has 0 spiro atoms. The Bertz CT molecular complexity index is 1080. The number of hydrogen-bond donors (Lipinski definition) is 2. The highest BCUT2D eigenvalue weighted by molar-refractivity contribution is 6.30. The Morgan fingerprint density at radius 2 is 2.13 bits per heavy atom. The first-order valence-corrected chi connectivity index (χ1v) is 9.81. The van der Waals surface area contributed by atoms with Gasteiger partial charge in [0.05, 0.1) is 18.6 Å². The number of hydrazone groups is 1. The molecule has 2 heterocycles. The maximum Gasteiger partial charge on any atom is 0.201 e. The van der Waals surface area contributed by atoms with E-state index in [-0.39, 0.29) is 24.3 Å². The van der Waals surface area contributed by atoms with E-state index in [1.807, 2.05) is 37.3 Å². The first kappa shape index (κ1) is 19.9. The molecule has 2 aromatic carbocycles. The van der Waals surface area contributed by atoms with Crippen LogP contribution in [0.2, 0.25) is 5.02 Å². The predicted octanol–water partition coefficient (Wildman–Crippen LogP) is 3.66. The Kier molecular flexibility index (Phi) is 5.42. The van der Waals surface area contributed by atoms with E-state index in [2.05, 4.69) is 16.6 Å². The summed E-state index contributed by atoms with van der Waals surface area (Å²) in [5, 5.41) is 14.6. The van der Waals surface area contributed by atoms with Crippen LogP contribution in [0.25, 0.3) is 0 Å². The van der Waals surface area contributed by atoms with E-state index in [0.29, 0.717) is 22.1 Å². The molecule has 0 amide bonds. The lowest BCUT2D eigenvalue weighted by Gasteiger charge is -2.34. The van der Waals surface area contributed by atoms with Crippen molar-refractivity contribution in [3.63, 3.8) is 0 Å². The molecule has 0 aromatic heterocycles. The predicted molar refractivity (Wildman–Crippen MR) is 113 cm³/mol. The van der Waals surface area contributed by atoms with Crippen molar-refractivity contribution >= 4 is 17.3 Å². The molecule has 0 bridgehead atoms. The lowest BCUT2D eigenvalue weighted by Crippen LogP contribution is -2.41. The van der Waals surface area contributed by atoms with Crippen LogP contribution in [0.3, 0.4) is 0 Å². The fourth-order valence-electron chi connectivity index (χ4n) is 3.91. The van der Waals surface area contributed by atoms with Gasteiger partial charge in [-0.25, -0.2) is 0 Å². The topological polar surface area (TPSA) is 102 Å². The highest BCUT2D eigenvalue weighted by Crippen LogP contribution is 2.42. The molecule has 2 aliphatic heterocycles. The van der Waals surface area contributed by atoms with Crippen LogP contribution in [0, 0.1) is 17.2 Å². The number of rotatable bonds is 5. The van der Waals surface area contributed by atoms with Gasteiger partial charge in [0.15, 0.2) is 6.23 Å². The molecule has 0 aliphatic carbocycles. The molecule has 0 radical (unpaired) electrons. The Labute approximate surface area is 179 Å². The van der Waals surface area contributed by atoms with Gasteiger partial charge in [-0.05, 0) is 42.8 Å². The van der Waals surface area contributed by atoms with E-state index >= 15 is 0 Å². The monoisotopic (exact) mass is 424 g/mol. The summed E-state index contributed by atoms with van der Waals surface area (Å²) in [6.07, 6.45) is -0.402. The van der Waals surface area contributed by atoms with Gasteiger partial charge < -0.3 is 19.9 Å². The molecule has 0 fully saturated rings. The fourth-order valence-corrected chi connectivity index (χ4v) is 4.09. The third-order valence-electron chi connectivity index (χ3n) is 5.34. The highest BCUT2D eigenvalue weighted by Gasteiger charge is 2.45. The Morgan fingerprint density at radius 3 is 2.87 bits per heavy atom. The van der Waals surface area contributed by atoms with Crippen LogP contribution >= 0.6 is 11.6 Å². The number of methoxy groups -OCH3 is 1. The van der Waals surface area contributed by atoms with Gasteiger partial charge >= 0.3 is 0 Å². The highest BCUT2D eigenvalue weighted by atomic mass is 35.5. The number of nitrogens with one attached hydrogen (secondary N) is 1. The zero-order valence-corrected chi connectivity index (χ0v) is 17.3. The lowest BCUT2D eigenvalue weighted by molar-refractivity contribution is 0.0454. The molecular weight excluding hydrogens is 404 g/mol. The summed E-state index contributed by atoms with van der Waals surface area (Å²) in [5.74, 6) is 1.04. The van der Waals surface area contributed by atoms with Crippen molar-refractivity contribution in [2.45, 2.75) is 25.7 Å². The van der Waals surface area contributed by atoms with Gasteiger partial charge in [0, 0.05) is 22.2 Å². The van der Waals surface area contributed by atoms with Crippen molar-refractivity contribution in [2.75, 3.05) is 7.11 Å². The second kappa shape index (κ2) is 8.17. The number of nitriles is 1. The summed E-state index contributed by atoms with van der Waals surface area (Å²) >= 11 is 6.04. The van der Waals surface area contributed by atoms with E-state index in [0.717, 1.165) is 16.8 Å². The molecule has 4 rings (SSSR count). The zero-order valence-electron chi connectivity index (χ0n) is 16.6. The van der Waals surface area contributed by atoms with Crippen molar-refractivity contribution in [3.8, 4) is 17.6 Å². The molecule has 3 N–H and O–H groups in total. The molecule has 3 atom stereocenters. The molecule has 30 heavy (non-hydrogen) atoms. The van der Waals surface area contributed by atoms with Crippen LogP contribution in [-0.2, 0) is 11.3 Å². The number of fused-ring (bicyclic) bond motifs is 1. The maximum atomic E-state index is 9.76. The first-order valence-electron chi connectivity index (χ1n) is 9.43. The van der Waals surface area contributed by atoms with Crippen molar-refractivity contribution in [2.24, 2.45) is 16.8 Å². The number of nitrogens with zero attached hydrogens (tertiary/aromatic N) is 2. The average molecular weight is 425 g/mol. The average Bonchev–Trinajstić information content (AvgIpc) is 3.11. The smallest absolute Gasteiger partial charge is 0.201 e. The Balaban J connectivity index is 1.70. The van der Waals surface area contributed by atoms with Crippen molar-refractivity contribution in [3.05, 3.63) is 70.1 Å². The largest absolute Gasteiger partial charge is 0.496 e. The Hall–Kier alpha value is -3.37. The summed E-state index contributed by atoms with van der Waals surface area (Å²) in [5.41, 5.74) is 12.0. The number of benzene rings is 2. The van der Waals surface area contributed by atoms with Crippen LogP contribution in [0.4, 0.5) is 0 Å². The van der Waals surface area contributed by atoms with E-state index in [9.17, 15) is 5.26 Å². The van der Waals surface area contributed by atoms with Crippen LogP contribution < -0.4 is 20.6 Å². The molecule has 0 saturated carbocycles. The molecule has 0 unspecified atom stereocenters. The van der Waals surface area contributed by atoms with Gasteiger partial charge in [-0.1, -0.05) is 23.7 Å². The minimum atomic E-state index is -0.402. The summed E-state index contributed by atoms with van der Waals surface area (Å²) in [6, 6.07) is 15.2. The SMILES string of the molecule is COc1ccc([C@H]2C(C#N)=C(N)O[C@@H]3NN=C(C)[C@H]23)cc1COc1cccc(Cl)c1. The number of allylic oxidation sites excluding steroid dienone is 1. The van der Waals surface area contributed by atoms with Crippen molar-refractivity contribution in [1.82, 2.24) is 5.43 Å². The summed E-state index contributed by atoms with van der Waals surface area (Å²) in [6.45, 7) is 2.19. The van der Waals surface area contributed by atoms with E-state index in [1.54, 1.807) is 19.2 Å². The van der Waals surface area contributed by atoms with Gasteiger partial charge in [0.25, 0.3) is 0 Å². The second-order valence-electron chi connectivity index (χ2n) is 7.13. The van der Waals surface area contributed by atoms with Crippen LogP contribution in [0.1, 0.15) is 24.0 Å². The van der Waals surface area contributed by atoms with Crippen molar-refractivity contribution < 1.29 is 14.2 Å². The molecule has 2 aliphatic rings. The van der Waals surface area contributed by atoms with E-state index in [1.165, 1.54) is 0 Å². The van der Waals surface area contributed by atoms with Crippen LogP contribution in [0.5, 0.6) is 11.5 Å². The molecule has 8 heteroatoms. The van der Waals surface area contributed by atoms with E-state index in [4.69, 9.17) is 31.5 Å². The molecule has 7 nitrogen and oxygen atoms in total. The standard InChI is InChI=1S/C22H21ClN4O3/c1-12-19-20(17(10-24)21(25)30-22(19)27-26-12)13-6-7-18(28-2)14(8-13)11-29-16-5-3-4-15(23)9-16/h3-9,19-20,22,27H,11,25H2,1-2H3/t19-,20+,22+/m1/s1. The number of halogens is 1. The molecule has 2 aromatic rings. The molecule has 0 saturated heterocycles. The van der Waals surface area contributed by atoms with Crippen LogP contribution in [-0.4, -0.2) is 19.0 Å². The second-order valence-corrected chi connectivity index (χ2v) is 7.57. The van der Waals surface area contributed by atoms with Crippen molar-refractivity contribution in [1.29, 1.82) is 5.26 Å². The van der Waals surface area contributed by atoms with Gasteiger partial charge in [-0.3, -0.25) is 5.43 Å². The van der Waals surface area contributed by atoms with E-state index < -0.39 is 6.23 Å². The quantitative estimate of drug-likeness (QED) is 0.759. The van der Waals surface area contributed by atoms with Gasteiger partial charge in [-0.2, -0.15) is 10.4 Å². The summed E-state index contributed by atoms with van der Waals surface area (Å²) in [7, 11) is 1.61. The normalized spacial score (nSPS) is 22.3. The van der Waals surface area contributed by atoms with Crippen LogP contribution in [0.15, 0.2) is 59.0 Å². The minimum absolute atomic E-state index is 0.119. The fraction of sp³-hybridized carbons (Fsp3) is 0.273. The maximum absolute atomic E-state index is 9.76. The first-order chi connectivity index (χ1) is 14.5. The molecular formula is C22H21ClN4O3. The number of nitrogens with two attached hydrogens (primary N) is 1. The minimum Gasteiger partial charge on any atom is -0.496 e. The van der Waals surface area contributed by atoms with Gasteiger partial charge in [0.2, 0.25) is 5.88 Å². The third-order valence-corrected chi connectivity index (χ3v) is 5.58. The molecule has 154 valence electrons. The zero-order chi connectivity index (χ0) is 21.3. The third kappa shape index (κ3) is 3.62. The Morgan fingerprint density at radius 1 is 1.30 bits per heavy atom. The summed E-state index contributed by atoms with van der Waals surface area (Å²) < 4.78 is 17.1. The number of hydrogen-bond acceptors (Lipinski definition) is 7. The summed E-state index contributed by atoms with van der Waals surface area (Å²) in [4.78, 5) is 0. The van der Waals surface area contributed by atoms with Gasteiger partial charge in [0.1, 0.15) is 24.2 Å².